The highest BCUT2D eigenvalue weighted by Gasteiger charge is 2.77. The number of aliphatic hydroxyl groups excluding tert-OH is 1. The van der Waals surface area contributed by atoms with Gasteiger partial charge in [-0.3, -0.25) is 14.4 Å². The molecule has 2 aromatic rings. The summed E-state index contributed by atoms with van der Waals surface area (Å²) in [6.45, 7) is 14.1. The zero-order chi connectivity index (χ0) is 29.6. The van der Waals surface area contributed by atoms with Crippen molar-refractivity contribution in [1.82, 2.24) is 29.7 Å². The van der Waals surface area contributed by atoms with E-state index >= 15 is 0 Å². The predicted molar refractivity (Wildman–Crippen MR) is 158 cm³/mol. The van der Waals surface area contributed by atoms with E-state index < -0.39 is 28.7 Å². The highest BCUT2D eigenvalue weighted by Crippen LogP contribution is 2.69. The summed E-state index contributed by atoms with van der Waals surface area (Å²) < 4.78 is 0.887. The van der Waals surface area contributed by atoms with Crippen LogP contribution in [0, 0.1) is 23.7 Å². The van der Waals surface area contributed by atoms with Gasteiger partial charge in [0.15, 0.2) is 0 Å². The first-order valence-electron chi connectivity index (χ1n) is 14.3. The number of likely N-dealkylation sites (N-methyl/N-ethyl adjacent to an activating group) is 1. The molecule has 41 heavy (non-hydrogen) atoms. The molecule has 11 heteroatoms. The fourth-order valence-electron chi connectivity index (χ4n) is 7.27. The van der Waals surface area contributed by atoms with Gasteiger partial charge in [-0.1, -0.05) is 50.3 Å². The molecule has 1 N–H and O–H groups in total. The SMILES string of the molecule is C=CCN(C)C(=O)[C@@H]1[C@H]2C(=O)N([C@@H](CO)C(C)C)C(C(=O)N(CC=C)Cn3nnc4ccccc43)C23S[C@@H]1CC3C. The average Bonchev–Trinajstić information content (AvgIpc) is 3.66. The molecule has 5 rings (SSSR count). The third kappa shape index (κ3) is 4.48. The third-order valence-corrected chi connectivity index (χ3v) is 11.3. The van der Waals surface area contributed by atoms with Gasteiger partial charge in [0.1, 0.15) is 18.2 Å². The van der Waals surface area contributed by atoms with Crippen molar-refractivity contribution >= 4 is 40.5 Å². The monoisotopic (exact) mass is 580 g/mol. The molecule has 0 radical (unpaired) electrons. The largest absolute Gasteiger partial charge is 0.394 e. The smallest absolute Gasteiger partial charge is 0.248 e. The summed E-state index contributed by atoms with van der Waals surface area (Å²) in [5.74, 6) is -1.81. The minimum absolute atomic E-state index is 0.0171. The Morgan fingerprint density at radius 1 is 1.22 bits per heavy atom. The Morgan fingerprint density at radius 3 is 2.59 bits per heavy atom. The number of para-hydroxylation sites is 1. The summed E-state index contributed by atoms with van der Waals surface area (Å²) in [7, 11) is 1.73. The molecular formula is C30H40N6O4S. The number of nitrogens with zero attached hydrogens (tertiary/aromatic N) is 6. The number of rotatable bonds is 11. The normalized spacial score (nSPS) is 29.2. The van der Waals surface area contributed by atoms with Gasteiger partial charge in [0, 0.05) is 25.4 Å². The molecule has 1 spiro atoms. The fourth-order valence-corrected chi connectivity index (χ4v) is 9.66. The summed E-state index contributed by atoms with van der Waals surface area (Å²) in [6, 6.07) is 6.14. The molecule has 2 bridgehead atoms. The molecule has 3 amide bonds. The molecule has 3 aliphatic rings. The van der Waals surface area contributed by atoms with Crippen molar-refractivity contribution in [3.05, 3.63) is 49.6 Å². The first-order chi connectivity index (χ1) is 19.6. The lowest BCUT2D eigenvalue weighted by Gasteiger charge is -2.42. The van der Waals surface area contributed by atoms with E-state index in [0.29, 0.717) is 6.54 Å². The maximum absolute atomic E-state index is 14.8. The van der Waals surface area contributed by atoms with E-state index in [4.69, 9.17) is 0 Å². The van der Waals surface area contributed by atoms with Gasteiger partial charge < -0.3 is 19.8 Å². The molecule has 3 aliphatic heterocycles. The zero-order valence-corrected chi connectivity index (χ0v) is 25.0. The second-order valence-corrected chi connectivity index (χ2v) is 13.4. The van der Waals surface area contributed by atoms with Gasteiger partial charge in [0.2, 0.25) is 17.7 Å². The Kier molecular flexibility index (Phi) is 8.04. The maximum atomic E-state index is 14.8. The van der Waals surface area contributed by atoms with Gasteiger partial charge in [-0.05, 0) is 30.4 Å². The molecule has 1 aromatic carbocycles. The molecule has 0 saturated carbocycles. The number of carbonyl (C=O) groups is 3. The first kappa shape index (κ1) is 29.3. The fraction of sp³-hybridized carbons (Fsp3) is 0.567. The van der Waals surface area contributed by atoms with Gasteiger partial charge in [-0.15, -0.1) is 30.0 Å². The van der Waals surface area contributed by atoms with Gasteiger partial charge in [-0.2, -0.15) is 0 Å². The van der Waals surface area contributed by atoms with Crippen LogP contribution in [0.1, 0.15) is 27.2 Å². The van der Waals surface area contributed by atoms with E-state index in [1.165, 1.54) is 0 Å². The van der Waals surface area contributed by atoms with Crippen LogP contribution >= 0.6 is 11.8 Å². The lowest BCUT2D eigenvalue weighted by atomic mass is 9.65. The Morgan fingerprint density at radius 2 is 1.93 bits per heavy atom. The van der Waals surface area contributed by atoms with Crippen LogP contribution in [0.2, 0.25) is 0 Å². The minimum Gasteiger partial charge on any atom is -0.394 e. The van der Waals surface area contributed by atoms with Crippen LogP contribution in [-0.2, 0) is 21.1 Å². The summed E-state index contributed by atoms with van der Waals surface area (Å²) in [6.07, 6.45) is 4.08. The number of thioether (sulfide) groups is 1. The van der Waals surface area contributed by atoms with Crippen LogP contribution in [0.15, 0.2) is 49.6 Å². The first-order valence-corrected chi connectivity index (χ1v) is 15.1. The number of fused-ring (bicyclic) bond motifs is 2. The molecule has 10 nitrogen and oxygen atoms in total. The number of hydrogen-bond donors (Lipinski definition) is 1. The molecule has 0 aliphatic carbocycles. The van der Waals surface area contributed by atoms with E-state index in [2.05, 4.69) is 30.4 Å². The third-order valence-electron chi connectivity index (χ3n) is 9.18. The lowest BCUT2D eigenvalue weighted by molar-refractivity contribution is -0.148. The molecule has 3 fully saturated rings. The Balaban J connectivity index is 1.60. The van der Waals surface area contributed by atoms with Gasteiger partial charge in [-0.25, -0.2) is 4.68 Å². The Labute approximate surface area is 245 Å². The van der Waals surface area contributed by atoms with Crippen LogP contribution in [0.4, 0.5) is 0 Å². The van der Waals surface area contributed by atoms with E-state index in [9.17, 15) is 19.5 Å². The second-order valence-electron chi connectivity index (χ2n) is 11.9. The highest BCUT2D eigenvalue weighted by atomic mass is 32.2. The molecule has 220 valence electrons. The number of aromatic nitrogens is 3. The van der Waals surface area contributed by atoms with Crippen molar-refractivity contribution in [2.24, 2.45) is 23.7 Å². The maximum Gasteiger partial charge on any atom is 0.248 e. The standard InChI is InChI=1S/C30H40N6O4S/c1-7-13-33(6)27(38)24-23-15-19(5)30(41-23)25(24)28(39)36(22(16-37)18(3)4)26(30)29(40)34(14-8-2)17-35-21-12-10-9-11-20(21)31-32-35/h7-12,18-19,22-26,37H,1-2,13-17H2,3-6H3/t19?,22-,23+,24-,25-,26?,30?/m0/s1. The molecule has 3 unspecified atom stereocenters. The Hall–Kier alpha value is -3.18. The number of carbonyl (C=O) groups excluding carboxylic acids is 3. The topological polar surface area (TPSA) is 112 Å². The number of likely N-dealkylation sites (tertiary alicyclic amines) is 1. The lowest BCUT2D eigenvalue weighted by Crippen LogP contribution is -2.60. The van der Waals surface area contributed by atoms with E-state index in [0.717, 1.165) is 17.5 Å². The highest BCUT2D eigenvalue weighted by molar-refractivity contribution is 8.02. The van der Waals surface area contributed by atoms with Crippen molar-refractivity contribution in [3.63, 3.8) is 0 Å². The Bertz CT molecular complexity index is 1360. The van der Waals surface area contributed by atoms with Crippen LogP contribution in [0.25, 0.3) is 11.0 Å². The van der Waals surface area contributed by atoms with E-state index in [1.807, 2.05) is 38.1 Å². The predicted octanol–water partition coefficient (Wildman–Crippen LogP) is 2.40. The van der Waals surface area contributed by atoms with E-state index in [1.54, 1.807) is 50.3 Å². The van der Waals surface area contributed by atoms with Crippen molar-refractivity contribution in [2.75, 3.05) is 26.7 Å². The van der Waals surface area contributed by atoms with Crippen LogP contribution in [0.5, 0.6) is 0 Å². The summed E-state index contributed by atoms with van der Waals surface area (Å²) in [4.78, 5) is 48.0. The summed E-state index contributed by atoms with van der Waals surface area (Å²) in [5.41, 5.74) is 1.51. The number of aliphatic hydroxyl groups is 1. The molecule has 7 atom stereocenters. The van der Waals surface area contributed by atoms with Gasteiger partial charge in [0.25, 0.3) is 0 Å². The zero-order valence-electron chi connectivity index (χ0n) is 24.2. The summed E-state index contributed by atoms with van der Waals surface area (Å²) in [5, 5.41) is 19.0. The van der Waals surface area contributed by atoms with Crippen LogP contribution in [-0.4, -0.2) is 101 Å². The average molecular weight is 581 g/mol. The van der Waals surface area contributed by atoms with Crippen molar-refractivity contribution in [1.29, 1.82) is 0 Å². The molecule has 1 aromatic heterocycles. The number of benzene rings is 1. The molecule has 4 heterocycles. The minimum atomic E-state index is -0.846. The number of hydrogen-bond acceptors (Lipinski definition) is 7. The molecular weight excluding hydrogens is 540 g/mol. The number of amides is 3. The van der Waals surface area contributed by atoms with Gasteiger partial charge in [0.05, 0.1) is 34.7 Å². The van der Waals surface area contributed by atoms with Crippen molar-refractivity contribution in [2.45, 2.75) is 55.9 Å². The second kappa shape index (κ2) is 11.2. The van der Waals surface area contributed by atoms with Gasteiger partial charge >= 0.3 is 0 Å². The summed E-state index contributed by atoms with van der Waals surface area (Å²) >= 11 is 1.63. The van der Waals surface area contributed by atoms with Crippen LogP contribution < -0.4 is 0 Å². The molecule has 3 saturated heterocycles. The quantitative estimate of drug-likeness (QED) is 0.406. The van der Waals surface area contributed by atoms with Crippen LogP contribution in [0.3, 0.4) is 0 Å². The van der Waals surface area contributed by atoms with E-state index in [-0.39, 0.29) is 54.6 Å². The van der Waals surface area contributed by atoms with Crippen molar-refractivity contribution < 1.29 is 19.5 Å². The van der Waals surface area contributed by atoms with Crippen molar-refractivity contribution in [3.8, 4) is 0 Å².